The van der Waals surface area contributed by atoms with Crippen molar-refractivity contribution in [3.63, 3.8) is 0 Å². The number of ether oxygens (including phenoxy) is 1. The Kier molecular flexibility index (Phi) is 18.2. The Hall–Kier alpha value is -4.50. The Labute approximate surface area is 448 Å². The Bertz CT molecular complexity index is 3080. The maximum atomic E-state index is 14.8. The molecule has 6 heterocycles. The normalized spacial score (nSPS) is 24.1. The first-order chi connectivity index (χ1) is 35.8. The molecule has 7 unspecified atom stereocenters. The molecule has 0 spiro atoms. The number of rotatable bonds is 23. The van der Waals surface area contributed by atoms with Gasteiger partial charge in [-0.05, 0) is 32.9 Å². The van der Waals surface area contributed by atoms with Gasteiger partial charge in [-0.15, -0.1) is 11.8 Å². The minimum atomic E-state index is -5.64. The molecule has 0 saturated carbocycles. The van der Waals surface area contributed by atoms with E-state index in [0.29, 0.717) is 0 Å². The molecule has 0 bridgehead atoms. The van der Waals surface area contributed by atoms with Crippen LogP contribution in [0.2, 0.25) is 5.02 Å². The number of aryl methyl sites for hydroxylation is 1. The fraction of sp³-hybridized carbons (Fsp3) is 0.525. The van der Waals surface area contributed by atoms with Gasteiger partial charge in [0.25, 0.3) is 5.91 Å². The summed E-state index contributed by atoms with van der Waals surface area (Å²) < 4.78 is 81.8. The van der Waals surface area contributed by atoms with Crippen molar-refractivity contribution in [3.8, 4) is 11.3 Å². The van der Waals surface area contributed by atoms with Crippen LogP contribution in [0.5, 0.6) is 0 Å². The number of amides is 4. The van der Waals surface area contributed by atoms with Crippen molar-refractivity contribution in [2.75, 3.05) is 37.8 Å². The molecule has 1 aromatic carbocycles. The van der Waals surface area contributed by atoms with E-state index in [1.165, 1.54) is 49.6 Å². The second-order valence-corrected chi connectivity index (χ2v) is 26.0. The van der Waals surface area contributed by atoms with Gasteiger partial charge in [0.1, 0.15) is 76.6 Å². The number of β-lactam (4-membered cyclic amide) rings is 1. The van der Waals surface area contributed by atoms with E-state index in [4.69, 9.17) is 35.6 Å². The number of nitrogens with zero attached hydrogens (tertiary/aromatic N) is 6. The van der Waals surface area contributed by atoms with Crippen LogP contribution in [0.4, 0.5) is 10.2 Å². The van der Waals surface area contributed by atoms with Crippen molar-refractivity contribution in [2.45, 2.75) is 93.9 Å². The molecule has 11 N–H and O–H groups in total. The highest BCUT2D eigenvalue weighted by Crippen LogP contribution is 2.61. The van der Waals surface area contributed by atoms with Gasteiger partial charge >= 0.3 is 23.5 Å². The minimum Gasteiger partial charge on any atom is -0.386 e. The van der Waals surface area contributed by atoms with Crippen LogP contribution >= 0.6 is 58.6 Å². The third-order valence-corrected chi connectivity index (χ3v) is 17.9. The number of benzene rings is 1. The number of nitrogen functional groups attached to an aromatic ring is 1. The van der Waals surface area contributed by atoms with E-state index in [1.807, 2.05) is 0 Å². The van der Waals surface area contributed by atoms with Gasteiger partial charge in [0, 0.05) is 35.4 Å². The first kappa shape index (κ1) is 60.1. The lowest BCUT2D eigenvalue weighted by Crippen LogP contribution is -2.70. The van der Waals surface area contributed by atoms with Crippen molar-refractivity contribution in [2.24, 2.45) is 5.41 Å². The van der Waals surface area contributed by atoms with Crippen LogP contribution < -0.4 is 21.7 Å². The number of fused-ring (bicyclic) bond motifs is 2. The predicted octanol–water partition coefficient (Wildman–Crippen LogP) is 1.28. The van der Waals surface area contributed by atoms with E-state index < -0.39 is 124 Å². The maximum Gasteiger partial charge on any atom is 0.481 e. The van der Waals surface area contributed by atoms with Crippen LogP contribution in [0.3, 0.4) is 0 Å². The lowest BCUT2D eigenvalue weighted by Gasteiger charge is -2.44. The number of phosphoric ester groups is 3. The zero-order chi connectivity index (χ0) is 56.7. The Morgan fingerprint density at radius 2 is 1.77 bits per heavy atom. The smallest absolute Gasteiger partial charge is 0.386 e. The van der Waals surface area contributed by atoms with Crippen LogP contribution in [0.25, 0.3) is 22.4 Å². The van der Waals surface area contributed by atoms with Gasteiger partial charge < -0.3 is 65.6 Å². The first-order valence-corrected chi connectivity index (χ1v) is 29.4. The average molecular weight is 1200 g/mol. The van der Waals surface area contributed by atoms with Gasteiger partial charge in [0.05, 0.1) is 30.1 Å². The molecule has 3 aliphatic rings. The van der Waals surface area contributed by atoms with Crippen molar-refractivity contribution in [1.29, 1.82) is 0 Å². The summed E-state index contributed by atoms with van der Waals surface area (Å²) >= 11 is 8.38. The van der Waals surface area contributed by atoms with Crippen LogP contribution in [0, 0.1) is 18.2 Å². The van der Waals surface area contributed by atoms with E-state index in [0.717, 1.165) is 35.0 Å². The molecule has 3 fully saturated rings. The number of carbonyl (C=O) groups excluding carboxylic acids is 5. The molecule has 3 aliphatic heterocycles. The van der Waals surface area contributed by atoms with Gasteiger partial charge in [0.15, 0.2) is 17.7 Å². The summed E-state index contributed by atoms with van der Waals surface area (Å²) in [4.78, 5) is 119. The van der Waals surface area contributed by atoms with Crippen LogP contribution in [0.15, 0.2) is 35.4 Å². The number of nitrogens with two attached hydrogens (primary N) is 1. The van der Waals surface area contributed by atoms with E-state index in [9.17, 15) is 71.8 Å². The standard InChI is InChI=1S/C40H51ClFN10O20P3S2/c1-17-22(24(50-70-17)23-18(41)7-6-8-19(23)42)33(56)49-26-35(58)52-29(40(4,5)77-37(26)52)38(59)76-12-11-44-21(53)9-10-45-34(57)30(55)39(2,3)14-68-75(65,66)72-74(63,64)67-13-20-28(71-73(60,61)62)27(54)36(69-20)51-16-48-25-31(43)46-15-47-32(25)51/h6-8,15-16,20,26-30,36-37,54-55H,9-14H2,1-5H3,(H,44,53)(H,45,57)(H,49,56)(H,63,64)(H,65,66)(H2,43,46,47)(H2,60,61,62)/t20?,26-,27?,28?,29+,30?,36?,37-/m1/s1. The van der Waals surface area contributed by atoms with Crippen LogP contribution in [-0.2, 0) is 55.5 Å². The number of carbonyl (C=O) groups is 5. The number of aliphatic hydroxyl groups excluding tert-OH is 2. The maximum absolute atomic E-state index is 14.8. The molecule has 77 heavy (non-hydrogen) atoms. The second-order valence-electron chi connectivity index (χ2n) is 18.5. The number of anilines is 1. The van der Waals surface area contributed by atoms with Gasteiger partial charge in [-0.25, -0.2) is 33.0 Å². The van der Waals surface area contributed by atoms with E-state index >= 15 is 0 Å². The largest absolute Gasteiger partial charge is 0.481 e. The molecule has 37 heteroatoms. The predicted molar refractivity (Wildman–Crippen MR) is 266 cm³/mol. The highest BCUT2D eigenvalue weighted by atomic mass is 35.5. The summed E-state index contributed by atoms with van der Waals surface area (Å²) in [6.07, 6.45) is -7.30. The molecule has 3 saturated heterocycles. The zero-order valence-electron chi connectivity index (χ0n) is 40.8. The first-order valence-electron chi connectivity index (χ1n) is 22.6. The Balaban J connectivity index is 0.815. The van der Waals surface area contributed by atoms with Crippen molar-refractivity contribution in [3.05, 3.63) is 53.0 Å². The summed E-state index contributed by atoms with van der Waals surface area (Å²) in [5.41, 5.74) is 3.75. The lowest BCUT2D eigenvalue weighted by atomic mass is 9.87. The molecule has 30 nitrogen and oxygen atoms in total. The van der Waals surface area contributed by atoms with E-state index in [2.05, 4.69) is 44.9 Å². The summed E-state index contributed by atoms with van der Waals surface area (Å²) in [5.74, 6) is -3.55. The summed E-state index contributed by atoms with van der Waals surface area (Å²) in [6, 6.07) is 2.02. The summed E-state index contributed by atoms with van der Waals surface area (Å²) in [7, 11) is -16.6. The monoisotopic (exact) mass is 1200 g/mol. The van der Waals surface area contributed by atoms with E-state index in [-0.39, 0.29) is 75.0 Å². The average Bonchev–Trinajstić information content (AvgIpc) is 4.16. The topological polar surface area (TPSA) is 439 Å². The van der Waals surface area contributed by atoms with Crippen molar-refractivity contribution in [1.82, 2.24) is 45.5 Å². The molecule has 7 rings (SSSR count). The van der Waals surface area contributed by atoms with Crippen LogP contribution in [0.1, 0.15) is 56.5 Å². The summed E-state index contributed by atoms with van der Waals surface area (Å²) in [5, 5.41) is 32.1. The number of hydrogen-bond donors (Lipinski definition) is 10. The molecular weight excluding hydrogens is 1150 g/mol. The molecule has 4 amide bonds. The number of imidazole rings is 1. The SMILES string of the molecule is Cc1onc(-c2c(F)cccc2Cl)c1C(=O)N[C@@H]1C(=O)N2[C@@H]1SC(C)(C)[C@@H]2C(=O)SCCNC(=O)CCNC(=O)C(O)C(C)(C)COP(=O)(O)OP(=O)(O)OCC1OC(n2cnc3c(N)ncnc32)C(O)C1OP(=O)(O)O. The number of halogens is 2. The molecule has 0 aliphatic carbocycles. The molecule has 422 valence electrons. The molecule has 3 aromatic heterocycles. The lowest BCUT2D eigenvalue weighted by molar-refractivity contribution is -0.150. The molecular formula is C40H51ClFN10O20P3S2. The fourth-order valence-corrected chi connectivity index (χ4v) is 14.0. The van der Waals surface area contributed by atoms with E-state index in [1.54, 1.807) is 13.8 Å². The number of hydrogen-bond acceptors (Lipinski definition) is 23. The Morgan fingerprint density at radius 3 is 2.45 bits per heavy atom. The third-order valence-electron chi connectivity index (χ3n) is 12.0. The van der Waals surface area contributed by atoms with Gasteiger partial charge in [-0.3, -0.25) is 42.1 Å². The third kappa shape index (κ3) is 13.6. The number of aliphatic hydroxyl groups is 2. The van der Waals surface area contributed by atoms with Crippen molar-refractivity contribution >= 4 is 104 Å². The second kappa shape index (κ2) is 23.3. The number of thioether (sulfide) groups is 2. The molecule has 10 atom stereocenters. The summed E-state index contributed by atoms with van der Waals surface area (Å²) in [6.45, 7) is 4.99. The number of phosphoric acid groups is 3. The zero-order valence-corrected chi connectivity index (χ0v) is 45.9. The molecule has 0 radical (unpaired) electrons. The van der Waals surface area contributed by atoms with Gasteiger partial charge in [0.2, 0.25) is 22.8 Å². The van der Waals surface area contributed by atoms with Gasteiger partial charge in [-0.2, -0.15) is 4.31 Å². The highest BCUT2D eigenvalue weighted by Gasteiger charge is 2.64. The van der Waals surface area contributed by atoms with Crippen LogP contribution in [-0.4, -0.2) is 167 Å². The fourth-order valence-electron chi connectivity index (χ4n) is 8.23. The van der Waals surface area contributed by atoms with Crippen molar-refractivity contribution < 1.29 is 99.0 Å². The number of aromatic nitrogens is 5. The van der Waals surface area contributed by atoms with Gasteiger partial charge in [-0.1, -0.05) is 48.4 Å². The minimum absolute atomic E-state index is 0.00604. The quantitative estimate of drug-likeness (QED) is 0.0284. The highest BCUT2D eigenvalue weighted by molar-refractivity contribution is 8.14. The molecule has 4 aromatic rings. The Morgan fingerprint density at radius 1 is 1.06 bits per heavy atom. The number of nitrogens with one attached hydrogen (secondary N) is 3.